The highest BCUT2D eigenvalue weighted by molar-refractivity contribution is 7.14. The quantitative estimate of drug-likeness (QED) is 0.552. The molecule has 3 rings (SSSR count). The number of benzene rings is 2. The maximum absolute atomic E-state index is 12.3. The number of anilines is 1. The van der Waals surface area contributed by atoms with Crippen LogP contribution in [-0.2, 0) is 0 Å². The lowest BCUT2D eigenvalue weighted by molar-refractivity contribution is -0.385. The number of hydrogen-bond acceptors (Lipinski definition) is 6. The average molecular weight is 355 g/mol. The van der Waals surface area contributed by atoms with E-state index in [2.05, 4.69) is 10.3 Å². The number of thiazole rings is 1. The van der Waals surface area contributed by atoms with Gasteiger partial charge >= 0.3 is 0 Å². The van der Waals surface area contributed by atoms with Gasteiger partial charge in [0.25, 0.3) is 11.6 Å². The van der Waals surface area contributed by atoms with Crippen LogP contribution in [0, 0.1) is 10.1 Å². The number of methoxy groups -OCH3 is 1. The number of carbonyl (C=O) groups is 1. The van der Waals surface area contributed by atoms with Gasteiger partial charge in [-0.1, -0.05) is 24.3 Å². The van der Waals surface area contributed by atoms with Crippen LogP contribution in [0.25, 0.3) is 11.3 Å². The number of nitrogens with one attached hydrogen (secondary N) is 1. The molecule has 0 saturated heterocycles. The third kappa shape index (κ3) is 3.48. The van der Waals surface area contributed by atoms with E-state index in [1.807, 2.05) is 24.3 Å². The van der Waals surface area contributed by atoms with Crippen LogP contribution in [0.2, 0.25) is 0 Å². The first-order chi connectivity index (χ1) is 12.1. The van der Waals surface area contributed by atoms with Crippen molar-refractivity contribution in [2.24, 2.45) is 0 Å². The van der Waals surface area contributed by atoms with Crippen molar-refractivity contribution in [2.75, 3.05) is 12.4 Å². The normalized spacial score (nSPS) is 10.3. The number of nitro benzene ring substituents is 1. The molecule has 0 aliphatic rings. The molecule has 0 saturated carbocycles. The summed E-state index contributed by atoms with van der Waals surface area (Å²) < 4.78 is 5.30. The number of para-hydroxylation sites is 2. The van der Waals surface area contributed by atoms with Crippen molar-refractivity contribution >= 4 is 28.1 Å². The summed E-state index contributed by atoms with van der Waals surface area (Å²) in [5.41, 5.74) is 1.19. The molecule has 2 aromatic carbocycles. The van der Waals surface area contributed by atoms with Gasteiger partial charge in [-0.05, 0) is 18.2 Å². The molecule has 0 bridgehead atoms. The van der Waals surface area contributed by atoms with Crippen molar-refractivity contribution in [3.05, 3.63) is 69.6 Å². The van der Waals surface area contributed by atoms with Crippen molar-refractivity contribution in [1.29, 1.82) is 0 Å². The monoisotopic (exact) mass is 355 g/mol. The number of nitro groups is 1. The number of ether oxygens (including phenoxy) is 1. The summed E-state index contributed by atoms with van der Waals surface area (Å²) >= 11 is 1.23. The van der Waals surface area contributed by atoms with Crippen LogP contribution in [0.5, 0.6) is 5.75 Å². The summed E-state index contributed by atoms with van der Waals surface area (Å²) in [7, 11) is 1.57. The summed E-state index contributed by atoms with van der Waals surface area (Å²) in [5.74, 6) is 0.0950. The largest absolute Gasteiger partial charge is 0.496 e. The van der Waals surface area contributed by atoms with E-state index in [1.165, 1.54) is 29.5 Å². The first-order valence-electron chi connectivity index (χ1n) is 7.24. The molecule has 1 amide bonds. The topological polar surface area (TPSA) is 94.4 Å². The molecular formula is C17H13N3O4S. The zero-order valence-electron chi connectivity index (χ0n) is 13.1. The molecule has 7 nitrogen and oxygen atoms in total. The molecule has 0 fully saturated rings. The van der Waals surface area contributed by atoms with E-state index < -0.39 is 10.8 Å². The van der Waals surface area contributed by atoms with Crippen LogP contribution in [0.15, 0.2) is 53.9 Å². The van der Waals surface area contributed by atoms with Crippen LogP contribution in [0.3, 0.4) is 0 Å². The molecule has 0 aliphatic carbocycles. The third-order valence-corrected chi connectivity index (χ3v) is 4.21. The van der Waals surface area contributed by atoms with Gasteiger partial charge in [-0.2, -0.15) is 0 Å². The van der Waals surface area contributed by atoms with Gasteiger partial charge in [-0.3, -0.25) is 20.2 Å². The van der Waals surface area contributed by atoms with Crippen LogP contribution in [0.4, 0.5) is 10.8 Å². The van der Waals surface area contributed by atoms with Gasteiger partial charge in [0.05, 0.1) is 17.7 Å². The molecule has 0 aliphatic heterocycles. The highest BCUT2D eigenvalue weighted by Crippen LogP contribution is 2.32. The van der Waals surface area contributed by atoms with Crippen LogP contribution < -0.4 is 10.1 Å². The first-order valence-corrected chi connectivity index (χ1v) is 8.12. The fraction of sp³-hybridized carbons (Fsp3) is 0.0588. The van der Waals surface area contributed by atoms with Crippen molar-refractivity contribution in [3.8, 4) is 17.0 Å². The molecule has 1 N–H and O–H groups in total. The second-order valence-corrected chi connectivity index (χ2v) is 5.82. The van der Waals surface area contributed by atoms with E-state index in [4.69, 9.17) is 4.74 Å². The number of rotatable bonds is 5. The summed E-state index contributed by atoms with van der Waals surface area (Å²) in [6.45, 7) is 0. The van der Waals surface area contributed by atoms with Crippen molar-refractivity contribution in [2.45, 2.75) is 0 Å². The highest BCUT2D eigenvalue weighted by atomic mass is 32.1. The van der Waals surface area contributed by atoms with E-state index in [-0.39, 0.29) is 11.3 Å². The van der Waals surface area contributed by atoms with Gasteiger partial charge in [0.15, 0.2) is 5.13 Å². The first kappa shape index (κ1) is 16.6. The molecule has 0 spiro atoms. The minimum Gasteiger partial charge on any atom is -0.496 e. The summed E-state index contributed by atoms with van der Waals surface area (Å²) in [6, 6.07) is 13.2. The molecule has 25 heavy (non-hydrogen) atoms. The lowest BCUT2D eigenvalue weighted by atomic mass is 10.1. The maximum Gasteiger partial charge on any atom is 0.282 e. The lowest BCUT2D eigenvalue weighted by Crippen LogP contribution is -2.13. The predicted octanol–water partition coefficient (Wildman–Crippen LogP) is 3.98. The molecule has 0 unspecified atom stereocenters. The summed E-state index contributed by atoms with van der Waals surface area (Å²) in [5, 5.41) is 15.8. The lowest BCUT2D eigenvalue weighted by Gasteiger charge is -2.05. The van der Waals surface area contributed by atoms with Crippen molar-refractivity contribution in [3.63, 3.8) is 0 Å². The van der Waals surface area contributed by atoms with Gasteiger partial charge in [0.1, 0.15) is 11.3 Å². The molecule has 3 aromatic rings. The Bertz CT molecular complexity index is 939. The molecule has 0 atom stereocenters. The Morgan fingerprint density at radius 1 is 1.20 bits per heavy atom. The Hall–Kier alpha value is -3.26. The molecule has 126 valence electrons. The molecule has 8 heteroatoms. The second kappa shape index (κ2) is 7.10. The fourth-order valence-electron chi connectivity index (χ4n) is 2.30. The summed E-state index contributed by atoms with van der Waals surface area (Å²) in [6.07, 6.45) is 0. The zero-order valence-corrected chi connectivity index (χ0v) is 13.9. The van der Waals surface area contributed by atoms with E-state index in [0.29, 0.717) is 16.6 Å². The Labute approximate surface area is 147 Å². The molecular weight excluding hydrogens is 342 g/mol. The average Bonchev–Trinajstić information content (AvgIpc) is 3.09. The maximum atomic E-state index is 12.3. The van der Waals surface area contributed by atoms with Gasteiger partial charge in [-0.25, -0.2) is 4.98 Å². The smallest absolute Gasteiger partial charge is 0.282 e. The zero-order chi connectivity index (χ0) is 17.8. The third-order valence-electron chi connectivity index (χ3n) is 3.45. The number of aromatic nitrogens is 1. The van der Waals surface area contributed by atoms with Gasteiger partial charge < -0.3 is 4.74 Å². The van der Waals surface area contributed by atoms with Crippen molar-refractivity contribution in [1.82, 2.24) is 4.98 Å². The van der Waals surface area contributed by atoms with Crippen molar-refractivity contribution < 1.29 is 14.5 Å². The van der Waals surface area contributed by atoms with Crippen LogP contribution in [-0.4, -0.2) is 22.9 Å². The van der Waals surface area contributed by atoms with E-state index >= 15 is 0 Å². The fourth-order valence-corrected chi connectivity index (χ4v) is 3.01. The Kier molecular flexibility index (Phi) is 4.71. The Balaban J connectivity index is 1.85. The van der Waals surface area contributed by atoms with Gasteiger partial charge in [0, 0.05) is 17.0 Å². The molecule has 0 radical (unpaired) electrons. The standard InChI is InChI=1S/C17H13N3O4S/c1-24-15-9-5-3-6-11(15)13-10-25-17(18-13)19-16(21)12-7-2-4-8-14(12)20(22)23/h2-10H,1H3,(H,18,19,21). The number of carbonyl (C=O) groups excluding carboxylic acids is 1. The van der Waals surface area contributed by atoms with Crippen LogP contribution >= 0.6 is 11.3 Å². The van der Waals surface area contributed by atoms with E-state index in [9.17, 15) is 14.9 Å². The SMILES string of the molecule is COc1ccccc1-c1csc(NC(=O)c2ccccc2[N+](=O)[O-])n1. The van der Waals surface area contributed by atoms with Gasteiger partial charge in [-0.15, -0.1) is 11.3 Å². The number of amides is 1. The number of nitrogens with zero attached hydrogens (tertiary/aromatic N) is 2. The van der Waals surface area contributed by atoms with Gasteiger partial charge in [0.2, 0.25) is 0 Å². The highest BCUT2D eigenvalue weighted by Gasteiger charge is 2.20. The van der Waals surface area contributed by atoms with E-state index in [0.717, 1.165) is 5.56 Å². The molecule has 1 heterocycles. The minimum absolute atomic E-state index is 0.0125. The predicted molar refractivity (Wildman–Crippen MR) is 95.2 cm³/mol. The molecule has 1 aromatic heterocycles. The number of hydrogen-bond donors (Lipinski definition) is 1. The van der Waals surface area contributed by atoms with E-state index in [1.54, 1.807) is 18.6 Å². The van der Waals surface area contributed by atoms with Crippen LogP contribution in [0.1, 0.15) is 10.4 Å². The Morgan fingerprint density at radius 3 is 2.68 bits per heavy atom. The Morgan fingerprint density at radius 2 is 1.92 bits per heavy atom. The second-order valence-electron chi connectivity index (χ2n) is 4.97. The summed E-state index contributed by atoms with van der Waals surface area (Å²) in [4.78, 5) is 27.2. The minimum atomic E-state index is -0.586.